The van der Waals surface area contributed by atoms with Gasteiger partial charge in [-0.1, -0.05) is 32.9 Å². The lowest BCUT2D eigenvalue weighted by Gasteiger charge is -2.15. The zero-order valence-corrected chi connectivity index (χ0v) is 15.7. The maximum absolute atomic E-state index is 12.3. The number of furan rings is 1. The molecule has 0 aliphatic heterocycles. The van der Waals surface area contributed by atoms with Crippen molar-refractivity contribution in [1.82, 2.24) is 15.0 Å². The lowest BCUT2D eigenvalue weighted by molar-refractivity contribution is -0.130. The second-order valence-electron chi connectivity index (χ2n) is 8.14. The molecule has 0 bridgehead atoms. The Hall–Kier alpha value is -2.11. The fourth-order valence-corrected chi connectivity index (χ4v) is 2.79. The van der Waals surface area contributed by atoms with Gasteiger partial charge in [-0.25, -0.2) is 0 Å². The predicted molar refractivity (Wildman–Crippen MR) is 93.0 cm³/mol. The van der Waals surface area contributed by atoms with E-state index in [1.807, 2.05) is 32.9 Å². The van der Waals surface area contributed by atoms with Crippen LogP contribution < -0.4 is 0 Å². The van der Waals surface area contributed by atoms with Crippen molar-refractivity contribution in [1.29, 1.82) is 0 Å². The van der Waals surface area contributed by atoms with E-state index in [9.17, 15) is 4.79 Å². The fourth-order valence-electron chi connectivity index (χ4n) is 2.79. The number of nitrogens with zero attached hydrogens (tertiary/aromatic N) is 3. The average molecular weight is 345 g/mol. The van der Waals surface area contributed by atoms with Crippen molar-refractivity contribution in [3.05, 3.63) is 35.4 Å². The number of aromatic nitrogens is 2. The summed E-state index contributed by atoms with van der Waals surface area (Å²) in [5, 5.41) is 3.98. The summed E-state index contributed by atoms with van der Waals surface area (Å²) in [7, 11) is 1.79. The molecule has 0 saturated heterocycles. The molecule has 0 N–H and O–H groups in total. The van der Waals surface area contributed by atoms with Crippen LogP contribution in [0.2, 0.25) is 0 Å². The number of hydrogen-bond acceptors (Lipinski definition) is 5. The molecule has 1 amide bonds. The van der Waals surface area contributed by atoms with E-state index in [1.54, 1.807) is 11.9 Å². The Labute approximate surface area is 148 Å². The molecule has 25 heavy (non-hydrogen) atoms. The fraction of sp³-hybridized carbons (Fsp3) is 0.632. The summed E-state index contributed by atoms with van der Waals surface area (Å²) in [4.78, 5) is 18.4. The quantitative estimate of drug-likeness (QED) is 0.798. The second kappa shape index (κ2) is 6.65. The van der Waals surface area contributed by atoms with Crippen LogP contribution in [0.25, 0.3) is 0 Å². The van der Waals surface area contributed by atoms with Gasteiger partial charge in [0.25, 0.3) is 0 Å². The minimum absolute atomic E-state index is 0.0354. The molecule has 1 saturated carbocycles. The Kier molecular flexibility index (Phi) is 4.71. The third kappa shape index (κ3) is 4.30. The Morgan fingerprint density at radius 3 is 2.68 bits per heavy atom. The van der Waals surface area contributed by atoms with Crippen LogP contribution in [0.3, 0.4) is 0 Å². The molecule has 136 valence electrons. The number of rotatable bonds is 6. The summed E-state index contributed by atoms with van der Waals surface area (Å²) in [5.74, 6) is 4.36. The van der Waals surface area contributed by atoms with E-state index >= 15 is 0 Å². The van der Waals surface area contributed by atoms with Crippen molar-refractivity contribution < 1.29 is 13.7 Å². The monoisotopic (exact) mass is 345 g/mol. The van der Waals surface area contributed by atoms with E-state index in [0.29, 0.717) is 42.9 Å². The van der Waals surface area contributed by atoms with E-state index in [0.717, 1.165) is 11.5 Å². The highest BCUT2D eigenvalue weighted by molar-refractivity contribution is 5.75. The van der Waals surface area contributed by atoms with Gasteiger partial charge in [0.1, 0.15) is 11.5 Å². The number of carbonyl (C=O) groups is 1. The minimum atomic E-state index is -0.154. The van der Waals surface area contributed by atoms with E-state index in [4.69, 9.17) is 8.94 Å². The molecule has 2 atom stereocenters. The van der Waals surface area contributed by atoms with E-state index in [-0.39, 0.29) is 11.3 Å². The number of carbonyl (C=O) groups excluding carboxylic acids is 1. The molecule has 2 heterocycles. The molecule has 0 aromatic carbocycles. The Morgan fingerprint density at radius 2 is 2.08 bits per heavy atom. The van der Waals surface area contributed by atoms with Crippen molar-refractivity contribution in [2.24, 2.45) is 5.92 Å². The third-order valence-corrected chi connectivity index (χ3v) is 4.67. The van der Waals surface area contributed by atoms with Crippen molar-refractivity contribution >= 4 is 5.91 Å². The first kappa shape index (κ1) is 17.7. The van der Waals surface area contributed by atoms with Crippen molar-refractivity contribution in [3.8, 4) is 0 Å². The first-order valence-corrected chi connectivity index (χ1v) is 8.89. The summed E-state index contributed by atoms with van der Waals surface area (Å²) >= 11 is 0. The molecule has 6 heteroatoms. The zero-order valence-electron chi connectivity index (χ0n) is 15.7. The smallest absolute Gasteiger partial charge is 0.227 e. The first-order chi connectivity index (χ1) is 11.7. The number of amides is 1. The average Bonchev–Trinajstić information content (AvgIpc) is 2.95. The Balaban J connectivity index is 1.49. The molecule has 3 rings (SSSR count). The van der Waals surface area contributed by atoms with Gasteiger partial charge in [-0.3, -0.25) is 4.79 Å². The highest BCUT2D eigenvalue weighted by Crippen LogP contribution is 2.47. The van der Waals surface area contributed by atoms with Crippen LogP contribution in [0.15, 0.2) is 21.1 Å². The van der Waals surface area contributed by atoms with Crippen molar-refractivity contribution in [2.75, 3.05) is 7.05 Å². The normalized spacial score (nSPS) is 19.9. The zero-order chi connectivity index (χ0) is 18.2. The van der Waals surface area contributed by atoms with Crippen LogP contribution in [0.5, 0.6) is 0 Å². The van der Waals surface area contributed by atoms with Crippen molar-refractivity contribution in [2.45, 2.75) is 64.8 Å². The van der Waals surface area contributed by atoms with Crippen LogP contribution in [0.1, 0.15) is 69.7 Å². The van der Waals surface area contributed by atoms with Crippen LogP contribution in [0, 0.1) is 5.92 Å². The number of aryl methyl sites for hydroxylation is 1. The summed E-state index contributed by atoms with van der Waals surface area (Å²) < 4.78 is 11.1. The summed E-state index contributed by atoms with van der Waals surface area (Å²) in [5.41, 5.74) is -0.154. The highest BCUT2D eigenvalue weighted by Gasteiger charge is 2.36. The molecule has 0 radical (unpaired) electrons. The van der Waals surface area contributed by atoms with Gasteiger partial charge in [-0.05, 0) is 24.5 Å². The maximum Gasteiger partial charge on any atom is 0.227 e. The summed E-state index contributed by atoms with van der Waals surface area (Å²) in [6, 6.07) is 4.01. The summed E-state index contributed by atoms with van der Waals surface area (Å²) in [6.07, 6.45) is 1.99. The maximum atomic E-state index is 12.3. The molecule has 2 aromatic rings. The molecule has 6 nitrogen and oxygen atoms in total. The van der Waals surface area contributed by atoms with Crippen LogP contribution in [0.4, 0.5) is 0 Å². The summed E-state index contributed by atoms with van der Waals surface area (Å²) in [6.45, 7) is 8.80. The van der Waals surface area contributed by atoms with Crippen LogP contribution in [-0.4, -0.2) is 28.0 Å². The van der Waals surface area contributed by atoms with Gasteiger partial charge in [0.15, 0.2) is 5.82 Å². The Morgan fingerprint density at radius 1 is 1.36 bits per heavy atom. The first-order valence-electron chi connectivity index (χ1n) is 8.89. The lowest BCUT2D eigenvalue weighted by Crippen LogP contribution is -2.26. The van der Waals surface area contributed by atoms with Crippen molar-refractivity contribution in [3.63, 3.8) is 0 Å². The van der Waals surface area contributed by atoms with Gasteiger partial charge >= 0.3 is 0 Å². The SMILES string of the molecule is CC1CC1c1ccc(CN(C)C(=O)CCc2nc(C(C)(C)C)no2)o1. The standard InChI is InChI=1S/C19H27N3O3/c1-12-10-14(12)15-7-6-13(24-15)11-22(5)17(23)9-8-16-20-18(21-25-16)19(2,3)4/h6-7,12,14H,8-11H2,1-5H3. The topological polar surface area (TPSA) is 72.4 Å². The predicted octanol–water partition coefficient (Wildman–Crippen LogP) is 3.67. The van der Waals surface area contributed by atoms with Gasteiger partial charge in [-0.2, -0.15) is 4.98 Å². The molecule has 2 unspecified atom stereocenters. The molecule has 1 aliphatic carbocycles. The Bertz CT molecular complexity index is 741. The van der Waals surface area contributed by atoms with Gasteiger partial charge in [0, 0.05) is 31.2 Å². The second-order valence-corrected chi connectivity index (χ2v) is 8.14. The molecular formula is C19H27N3O3. The third-order valence-electron chi connectivity index (χ3n) is 4.67. The largest absolute Gasteiger partial charge is 0.464 e. The van der Waals surface area contributed by atoms with Gasteiger partial charge in [-0.15, -0.1) is 0 Å². The molecule has 1 aliphatic rings. The van der Waals surface area contributed by atoms with E-state index < -0.39 is 0 Å². The number of hydrogen-bond donors (Lipinski definition) is 0. The molecule has 2 aromatic heterocycles. The minimum Gasteiger partial charge on any atom is -0.464 e. The van der Waals surface area contributed by atoms with Gasteiger partial charge in [0.2, 0.25) is 11.8 Å². The van der Waals surface area contributed by atoms with Crippen LogP contribution in [-0.2, 0) is 23.2 Å². The van der Waals surface area contributed by atoms with Gasteiger partial charge < -0.3 is 13.8 Å². The van der Waals surface area contributed by atoms with Crippen LogP contribution >= 0.6 is 0 Å². The molecule has 0 spiro atoms. The van der Waals surface area contributed by atoms with E-state index in [1.165, 1.54) is 6.42 Å². The molecule has 1 fully saturated rings. The van der Waals surface area contributed by atoms with E-state index in [2.05, 4.69) is 17.1 Å². The highest BCUT2D eigenvalue weighted by atomic mass is 16.5. The lowest BCUT2D eigenvalue weighted by atomic mass is 9.96. The van der Waals surface area contributed by atoms with Gasteiger partial charge in [0.05, 0.1) is 6.54 Å². The molecular weight excluding hydrogens is 318 g/mol.